The van der Waals surface area contributed by atoms with Crippen LogP contribution in [0.5, 0.6) is 0 Å². The van der Waals surface area contributed by atoms with Gasteiger partial charge in [0.25, 0.3) is 0 Å². The van der Waals surface area contributed by atoms with Gasteiger partial charge >= 0.3 is 0 Å². The van der Waals surface area contributed by atoms with E-state index < -0.39 is 0 Å². The third kappa shape index (κ3) is 3.16. The van der Waals surface area contributed by atoms with Crippen molar-refractivity contribution < 1.29 is 0 Å². The molecule has 0 spiro atoms. The highest BCUT2D eigenvalue weighted by Crippen LogP contribution is 2.16. The van der Waals surface area contributed by atoms with Crippen molar-refractivity contribution in [2.45, 2.75) is 26.4 Å². The summed E-state index contributed by atoms with van der Waals surface area (Å²) in [6.07, 6.45) is 1.15. The summed E-state index contributed by atoms with van der Waals surface area (Å²) in [5.74, 6) is 0. The number of thiophene rings is 2. The fraction of sp³-hybridized carbons (Fsp3) is 0.333. The standard InChI is InChI=1S/C12H15NS2/c1-2-11-3-4-12(15-11)8-13-7-10-5-6-14-9-10/h3-6,9,13H,2,7-8H2,1H3. The first-order valence-corrected chi connectivity index (χ1v) is 6.94. The van der Waals surface area contributed by atoms with Crippen molar-refractivity contribution in [3.63, 3.8) is 0 Å². The lowest BCUT2D eigenvalue weighted by Gasteiger charge is -2.00. The Kier molecular flexibility index (Phi) is 3.94. The normalized spacial score (nSPS) is 10.7. The van der Waals surface area contributed by atoms with E-state index in [2.05, 4.69) is 41.2 Å². The summed E-state index contributed by atoms with van der Waals surface area (Å²) in [5.41, 5.74) is 1.38. The van der Waals surface area contributed by atoms with Gasteiger partial charge in [-0.3, -0.25) is 0 Å². The molecule has 2 rings (SSSR count). The van der Waals surface area contributed by atoms with Crippen LogP contribution in [0.25, 0.3) is 0 Å². The van der Waals surface area contributed by atoms with Crippen LogP contribution in [-0.2, 0) is 19.5 Å². The molecule has 0 atom stereocenters. The fourth-order valence-corrected chi connectivity index (χ4v) is 3.03. The lowest BCUT2D eigenvalue weighted by atomic mass is 10.3. The third-order valence-electron chi connectivity index (χ3n) is 2.27. The Morgan fingerprint density at radius 3 is 2.67 bits per heavy atom. The molecule has 2 heterocycles. The van der Waals surface area contributed by atoms with E-state index >= 15 is 0 Å². The maximum absolute atomic E-state index is 3.46. The van der Waals surface area contributed by atoms with Gasteiger partial charge in [0.05, 0.1) is 0 Å². The molecule has 0 radical (unpaired) electrons. The van der Waals surface area contributed by atoms with E-state index in [1.54, 1.807) is 11.3 Å². The van der Waals surface area contributed by atoms with Crippen molar-refractivity contribution in [2.24, 2.45) is 0 Å². The van der Waals surface area contributed by atoms with E-state index in [1.165, 1.54) is 15.3 Å². The molecule has 0 saturated heterocycles. The van der Waals surface area contributed by atoms with Crippen molar-refractivity contribution in [2.75, 3.05) is 0 Å². The molecule has 0 aliphatic rings. The average Bonchev–Trinajstić information content (AvgIpc) is 2.88. The van der Waals surface area contributed by atoms with Crippen LogP contribution >= 0.6 is 22.7 Å². The van der Waals surface area contributed by atoms with Crippen LogP contribution in [0.4, 0.5) is 0 Å². The van der Waals surface area contributed by atoms with Crippen LogP contribution in [0.2, 0.25) is 0 Å². The van der Waals surface area contributed by atoms with Gasteiger partial charge in [-0.05, 0) is 40.9 Å². The first-order valence-electron chi connectivity index (χ1n) is 5.18. The summed E-state index contributed by atoms with van der Waals surface area (Å²) in [6.45, 7) is 4.16. The molecule has 2 aromatic heterocycles. The topological polar surface area (TPSA) is 12.0 Å². The smallest absolute Gasteiger partial charge is 0.0303 e. The second kappa shape index (κ2) is 5.45. The minimum absolute atomic E-state index is 0.975. The first kappa shape index (κ1) is 10.9. The summed E-state index contributed by atoms with van der Waals surface area (Å²) in [5, 5.41) is 7.77. The number of hydrogen-bond acceptors (Lipinski definition) is 3. The summed E-state index contributed by atoms with van der Waals surface area (Å²) >= 11 is 3.67. The molecule has 1 nitrogen and oxygen atoms in total. The summed E-state index contributed by atoms with van der Waals surface area (Å²) in [6, 6.07) is 6.62. The van der Waals surface area contributed by atoms with Crippen molar-refractivity contribution in [3.05, 3.63) is 44.3 Å². The van der Waals surface area contributed by atoms with Crippen LogP contribution in [0.3, 0.4) is 0 Å². The van der Waals surface area contributed by atoms with Gasteiger partial charge in [0, 0.05) is 22.8 Å². The maximum Gasteiger partial charge on any atom is 0.0303 e. The van der Waals surface area contributed by atoms with Crippen LogP contribution in [0.1, 0.15) is 22.2 Å². The summed E-state index contributed by atoms with van der Waals surface area (Å²) in [7, 11) is 0. The minimum Gasteiger partial charge on any atom is -0.308 e. The molecule has 0 amide bonds. The van der Waals surface area contributed by atoms with Crippen molar-refractivity contribution in [3.8, 4) is 0 Å². The van der Waals surface area contributed by atoms with Crippen molar-refractivity contribution >= 4 is 22.7 Å². The average molecular weight is 237 g/mol. The number of rotatable bonds is 5. The minimum atomic E-state index is 0.975. The lowest BCUT2D eigenvalue weighted by Crippen LogP contribution is -2.10. The monoisotopic (exact) mass is 237 g/mol. The number of aryl methyl sites for hydroxylation is 1. The van der Waals surface area contributed by atoms with Gasteiger partial charge in [-0.2, -0.15) is 11.3 Å². The zero-order valence-corrected chi connectivity index (χ0v) is 10.5. The Labute approximate surface area is 98.8 Å². The Hall–Kier alpha value is -0.640. The van der Waals surface area contributed by atoms with Crippen LogP contribution in [0, 0.1) is 0 Å². The molecule has 0 bridgehead atoms. The number of nitrogens with one attached hydrogen (secondary N) is 1. The van der Waals surface area contributed by atoms with E-state index in [0.717, 1.165) is 19.5 Å². The zero-order valence-electron chi connectivity index (χ0n) is 8.82. The quantitative estimate of drug-likeness (QED) is 0.837. The van der Waals surface area contributed by atoms with Crippen LogP contribution in [-0.4, -0.2) is 0 Å². The highest BCUT2D eigenvalue weighted by molar-refractivity contribution is 7.12. The Balaban J connectivity index is 1.78. The maximum atomic E-state index is 3.46. The van der Waals surface area contributed by atoms with Crippen LogP contribution < -0.4 is 5.32 Å². The Morgan fingerprint density at radius 1 is 1.13 bits per heavy atom. The largest absolute Gasteiger partial charge is 0.308 e. The van der Waals surface area contributed by atoms with Crippen LogP contribution in [0.15, 0.2) is 29.0 Å². The molecular weight excluding hydrogens is 222 g/mol. The Morgan fingerprint density at radius 2 is 2.00 bits per heavy atom. The SMILES string of the molecule is CCc1ccc(CNCc2ccsc2)s1. The van der Waals surface area contributed by atoms with E-state index in [4.69, 9.17) is 0 Å². The molecule has 0 aromatic carbocycles. The number of hydrogen-bond donors (Lipinski definition) is 1. The second-order valence-electron chi connectivity index (χ2n) is 3.46. The van der Waals surface area contributed by atoms with Gasteiger partial charge in [0.2, 0.25) is 0 Å². The van der Waals surface area contributed by atoms with Gasteiger partial charge < -0.3 is 5.32 Å². The van der Waals surface area contributed by atoms with E-state index in [0.29, 0.717) is 0 Å². The molecule has 0 aliphatic carbocycles. The van der Waals surface area contributed by atoms with Crippen molar-refractivity contribution in [1.82, 2.24) is 5.32 Å². The first-order chi connectivity index (χ1) is 7.38. The molecule has 0 unspecified atom stereocenters. The van der Waals surface area contributed by atoms with Crippen molar-refractivity contribution in [1.29, 1.82) is 0 Å². The predicted octanol–water partition coefficient (Wildman–Crippen LogP) is 3.66. The van der Waals surface area contributed by atoms with Gasteiger partial charge in [0.15, 0.2) is 0 Å². The van der Waals surface area contributed by atoms with Gasteiger partial charge in [-0.15, -0.1) is 11.3 Å². The highest BCUT2D eigenvalue weighted by atomic mass is 32.1. The van der Waals surface area contributed by atoms with E-state index in [-0.39, 0.29) is 0 Å². The molecule has 0 aliphatic heterocycles. The molecular formula is C12H15NS2. The molecule has 0 saturated carbocycles. The fourth-order valence-electron chi connectivity index (χ4n) is 1.43. The zero-order chi connectivity index (χ0) is 10.5. The van der Waals surface area contributed by atoms with Gasteiger partial charge in [-0.1, -0.05) is 6.92 Å². The predicted molar refractivity (Wildman–Crippen MR) is 68.6 cm³/mol. The summed E-state index contributed by atoms with van der Waals surface area (Å²) < 4.78 is 0. The molecule has 15 heavy (non-hydrogen) atoms. The summed E-state index contributed by atoms with van der Waals surface area (Å²) in [4.78, 5) is 2.91. The van der Waals surface area contributed by atoms with Gasteiger partial charge in [-0.25, -0.2) is 0 Å². The molecule has 1 N–H and O–H groups in total. The Bertz CT molecular complexity index is 389. The molecule has 0 fully saturated rings. The third-order valence-corrected chi connectivity index (χ3v) is 4.24. The molecule has 3 heteroatoms. The van der Waals surface area contributed by atoms with E-state index in [9.17, 15) is 0 Å². The van der Waals surface area contributed by atoms with Gasteiger partial charge in [0.1, 0.15) is 0 Å². The second-order valence-corrected chi connectivity index (χ2v) is 5.49. The lowest BCUT2D eigenvalue weighted by molar-refractivity contribution is 0.702. The van der Waals surface area contributed by atoms with E-state index in [1.807, 2.05) is 11.3 Å². The molecule has 2 aromatic rings. The highest BCUT2D eigenvalue weighted by Gasteiger charge is 1.98. The molecule has 80 valence electrons.